The Labute approximate surface area is 218 Å². The average Bonchev–Trinajstić information content (AvgIpc) is 2.92. The summed E-state index contributed by atoms with van der Waals surface area (Å²) in [5.41, 5.74) is 7.04. The molecule has 2 heterocycles. The van der Waals surface area contributed by atoms with Gasteiger partial charge in [-0.15, -0.1) is 0 Å². The second-order valence-electron chi connectivity index (χ2n) is 10.4. The van der Waals surface area contributed by atoms with Crippen LogP contribution >= 0.6 is 0 Å². The Morgan fingerprint density at radius 2 is 0.861 bits per heavy atom. The van der Waals surface area contributed by atoms with E-state index in [4.69, 9.17) is 9.97 Å². The van der Waals surface area contributed by atoms with Crippen molar-refractivity contribution in [1.82, 2.24) is 9.97 Å². The lowest BCUT2D eigenvalue weighted by atomic mass is 9.98. The van der Waals surface area contributed by atoms with Crippen molar-refractivity contribution < 1.29 is 0 Å². The summed E-state index contributed by atoms with van der Waals surface area (Å²) in [6, 6.07) is 21.9. The smallest absolute Gasteiger partial charge is 0.0897 e. The second-order valence-corrected chi connectivity index (χ2v) is 10.4. The molecule has 0 fully saturated rings. The van der Waals surface area contributed by atoms with Gasteiger partial charge in [-0.25, -0.2) is 9.97 Å². The standard InChI is InChI=1S/C34H44N2/c1-3-5-7-9-11-13-19-27-25-33(35-31-23-17-15-21-29(27)31)34-26-28(20-14-12-10-8-6-4-2)30-22-16-18-24-32(30)36-34/h15-18,21-26H,3-14,19-20H2,1-2H3. The number of hydrogen-bond donors (Lipinski definition) is 0. The van der Waals surface area contributed by atoms with Gasteiger partial charge in [0.15, 0.2) is 0 Å². The van der Waals surface area contributed by atoms with Crippen LogP contribution in [0.5, 0.6) is 0 Å². The first-order chi connectivity index (χ1) is 17.8. The van der Waals surface area contributed by atoms with E-state index in [9.17, 15) is 0 Å². The summed E-state index contributed by atoms with van der Waals surface area (Å²) in [6.45, 7) is 4.56. The van der Waals surface area contributed by atoms with Crippen LogP contribution in [0.2, 0.25) is 0 Å². The van der Waals surface area contributed by atoms with Gasteiger partial charge in [-0.3, -0.25) is 0 Å². The molecule has 2 nitrogen and oxygen atoms in total. The molecular weight excluding hydrogens is 436 g/mol. The highest BCUT2D eigenvalue weighted by molar-refractivity contribution is 5.87. The zero-order valence-electron chi connectivity index (χ0n) is 22.6. The minimum atomic E-state index is 1.02. The van der Waals surface area contributed by atoms with Gasteiger partial charge in [0.2, 0.25) is 0 Å². The normalized spacial score (nSPS) is 11.5. The number of pyridine rings is 2. The van der Waals surface area contributed by atoms with Crippen LogP contribution in [-0.4, -0.2) is 9.97 Å². The van der Waals surface area contributed by atoms with Gasteiger partial charge in [0.25, 0.3) is 0 Å². The topological polar surface area (TPSA) is 25.8 Å². The third-order valence-electron chi connectivity index (χ3n) is 7.47. The van der Waals surface area contributed by atoms with E-state index in [-0.39, 0.29) is 0 Å². The van der Waals surface area contributed by atoms with Crippen LogP contribution < -0.4 is 0 Å². The molecule has 0 radical (unpaired) electrons. The number of aryl methyl sites for hydroxylation is 2. The highest BCUT2D eigenvalue weighted by atomic mass is 14.8. The minimum absolute atomic E-state index is 1.02. The fourth-order valence-corrected chi connectivity index (χ4v) is 5.36. The van der Waals surface area contributed by atoms with Gasteiger partial charge >= 0.3 is 0 Å². The summed E-state index contributed by atoms with van der Waals surface area (Å²) in [5, 5.41) is 2.59. The van der Waals surface area contributed by atoms with Crippen LogP contribution in [0, 0.1) is 0 Å². The van der Waals surface area contributed by atoms with Gasteiger partial charge in [0.1, 0.15) is 0 Å². The highest BCUT2D eigenvalue weighted by Crippen LogP contribution is 2.29. The Morgan fingerprint density at radius 3 is 1.31 bits per heavy atom. The molecule has 0 unspecified atom stereocenters. The molecule has 0 aliphatic carbocycles. The van der Waals surface area contributed by atoms with E-state index in [1.54, 1.807) is 0 Å². The summed E-state index contributed by atoms with van der Waals surface area (Å²) < 4.78 is 0. The van der Waals surface area contributed by atoms with Gasteiger partial charge in [0.05, 0.1) is 22.4 Å². The highest BCUT2D eigenvalue weighted by Gasteiger charge is 2.12. The quantitative estimate of drug-likeness (QED) is 0.158. The fraction of sp³-hybridized carbons (Fsp3) is 0.471. The maximum absolute atomic E-state index is 5.09. The Morgan fingerprint density at radius 1 is 0.472 bits per heavy atom. The molecule has 2 aromatic carbocycles. The first kappa shape index (κ1) is 26.3. The van der Waals surface area contributed by atoms with E-state index < -0.39 is 0 Å². The lowest BCUT2D eigenvalue weighted by Crippen LogP contribution is -1.98. The van der Waals surface area contributed by atoms with E-state index in [0.717, 1.165) is 35.3 Å². The maximum atomic E-state index is 5.09. The molecule has 2 aromatic heterocycles. The number of aromatic nitrogens is 2. The fourth-order valence-electron chi connectivity index (χ4n) is 5.36. The van der Waals surface area contributed by atoms with Crippen LogP contribution in [0.4, 0.5) is 0 Å². The maximum Gasteiger partial charge on any atom is 0.0897 e. The molecule has 190 valence electrons. The number of hydrogen-bond acceptors (Lipinski definition) is 2. The summed E-state index contributed by atoms with van der Waals surface area (Å²) in [7, 11) is 0. The predicted molar refractivity (Wildman–Crippen MR) is 157 cm³/mol. The van der Waals surface area contributed by atoms with Gasteiger partial charge in [-0.1, -0.05) is 114 Å². The first-order valence-electron chi connectivity index (χ1n) is 14.6. The zero-order chi connectivity index (χ0) is 25.0. The van der Waals surface area contributed by atoms with Crippen molar-refractivity contribution in [1.29, 1.82) is 0 Å². The van der Waals surface area contributed by atoms with Crippen molar-refractivity contribution in [3.63, 3.8) is 0 Å². The van der Waals surface area contributed by atoms with Crippen molar-refractivity contribution in [3.05, 3.63) is 71.8 Å². The van der Waals surface area contributed by atoms with Crippen LogP contribution in [0.1, 0.15) is 102 Å². The number of unbranched alkanes of at least 4 members (excludes halogenated alkanes) is 10. The second kappa shape index (κ2) is 14.1. The lowest BCUT2D eigenvalue weighted by Gasteiger charge is -2.13. The van der Waals surface area contributed by atoms with Crippen LogP contribution in [0.15, 0.2) is 60.7 Å². The van der Waals surface area contributed by atoms with E-state index in [0.29, 0.717) is 0 Å². The van der Waals surface area contributed by atoms with E-state index in [1.165, 1.54) is 98.9 Å². The van der Waals surface area contributed by atoms with Crippen molar-refractivity contribution in [3.8, 4) is 11.4 Å². The van der Waals surface area contributed by atoms with Crippen molar-refractivity contribution >= 4 is 21.8 Å². The van der Waals surface area contributed by atoms with Gasteiger partial charge < -0.3 is 0 Å². The molecular formula is C34H44N2. The number of nitrogens with zero attached hydrogens (tertiary/aromatic N) is 2. The van der Waals surface area contributed by atoms with Gasteiger partial charge in [-0.2, -0.15) is 0 Å². The van der Waals surface area contributed by atoms with Gasteiger partial charge in [0, 0.05) is 10.8 Å². The molecule has 0 amide bonds. The summed E-state index contributed by atoms with van der Waals surface area (Å²) in [4.78, 5) is 10.2. The number of fused-ring (bicyclic) bond motifs is 2. The molecule has 0 spiro atoms. The van der Waals surface area contributed by atoms with E-state index in [1.807, 2.05) is 0 Å². The van der Waals surface area contributed by atoms with E-state index in [2.05, 4.69) is 74.5 Å². The Hall–Kier alpha value is -2.74. The Bertz CT molecular complexity index is 1130. The largest absolute Gasteiger partial charge is 0.246 e. The number of para-hydroxylation sites is 2. The molecule has 4 aromatic rings. The Balaban J connectivity index is 1.59. The monoisotopic (exact) mass is 480 g/mol. The van der Waals surface area contributed by atoms with Gasteiger partial charge in [-0.05, 0) is 61.1 Å². The molecule has 2 heteroatoms. The molecule has 4 rings (SSSR count). The number of benzene rings is 2. The van der Waals surface area contributed by atoms with Crippen molar-refractivity contribution in [2.75, 3.05) is 0 Å². The molecule has 36 heavy (non-hydrogen) atoms. The summed E-state index contributed by atoms with van der Waals surface area (Å²) in [6.07, 6.45) is 18.1. The molecule has 0 saturated heterocycles. The minimum Gasteiger partial charge on any atom is -0.246 e. The molecule has 0 saturated carbocycles. The first-order valence-corrected chi connectivity index (χ1v) is 14.6. The lowest BCUT2D eigenvalue weighted by molar-refractivity contribution is 0.608. The third-order valence-corrected chi connectivity index (χ3v) is 7.47. The molecule has 0 aliphatic rings. The van der Waals surface area contributed by atoms with Crippen molar-refractivity contribution in [2.45, 2.75) is 104 Å². The Kier molecular flexibility index (Phi) is 10.3. The predicted octanol–water partition coefficient (Wildman–Crippen LogP) is 10.3. The molecule has 0 atom stereocenters. The molecule has 0 bridgehead atoms. The zero-order valence-corrected chi connectivity index (χ0v) is 22.6. The van der Waals surface area contributed by atoms with Crippen molar-refractivity contribution in [2.24, 2.45) is 0 Å². The number of rotatable bonds is 15. The third kappa shape index (κ3) is 7.15. The van der Waals surface area contributed by atoms with Crippen LogP contribution in [-0.2, 0) is 12.8 Å². The van der Waals surface area contributed by atoms with Crippen LogP contribution in [0.3, 0.4) is 0 Å². The SMILES string of the molecule is CCCCCCCCc1cc(-c2cc(CCCCCCCC)c3ccccc3n2)nc2ccccc12. The van der Waals surface area contributed by atoms with Crippen LogP contribution in [0.25, 0.3) is 33.2 Å². The average molecular weight is 481 g/mol. The summed E-state index contributed by atoms with van der Waals surface area (Å²) in [5.74, 6) is 0. The van der Waals surface area contributed by atoms with E-state index >= 15 is 0 Å². The molecule has 0 N–H and O–H groups in total. The molecule has 0 aliphatic heterocycles. The summed E-state index contributed by atoms with van der Waals surface area (Å²) >= 11 is 0.